The number of rotatable bonds is 4. The van der Waals surface area contributed by atoms with Gasteiger partial charge in [-0.25, -0.2) is 15.0 Å². The quantitative estimate of drug-likeness (QED) is 0.188. The van der Waals surface area contributed by atoms with E-state index in [0.717, 1.165) is 49.8 Å². The number of pyridine rings is 1. The fraction of sp³-hybridized carbons (Fsp3) is 0. The summed E-state index contributed by atoms with van der Waals surface area (Å²) in [7, 11) is 0. The zero-order valence-electron chi connectivity index (χ0n) is 27.8. The summed E-state index contributed by atoms with van der Waals surface area (Å²) < 4.78 is 4.76. The van der Waals surface area contributed by atoms with Crippen LogP contribution in [0.5, 0.6) is 0 Å². The molecule has 0 amide bonds. The summed E-state index contributed by atoms with van der Waals surface area (Å²) >= 11 is 0. The van der Waals surface area contributed by atoms with Gasteiger partial charge in [0.15, 0.2) is 17.5 Å². The molecule has 0 spiro atoms. The number of benzene rings is 7. The van der Waals surface area contributed by atoms with Gasteiger partial charge >= 0.3 is 0 Å². The third-order valence-corrected chi connectivity index (χ3v) is 10.2. The Hall–Kier alpha value is -7.18. The van der Waals surface area contributed by atoms with E-state index in [1.54, 1.807) is 0 Å². The molecule has 6 heteroatoms. The second kappa shape index (κ2) is 11.2. The molecule has 11 aromatic rings. The number of hydrogen-bond acceptors (Lipinski definition) is 4. The van der Waals surface area contributed by atoms with Crippen LogP contribution in [0.2, 0.25) is 0 Å². The lowest BCUT2D eigenvalue weighted by molar-refractivity contribution is 1.07. The molecule has 0 bridgehead atoms. The van der Waals surface area contributed by atoms with Crippen molar-refractivity contribution in [2.24, 2.45) is 0 Å². The van der Waals surface area contributed by atoms with E-state index >= 15 is 0 Å². The van der Waals surface area contributed by atoms with Gasteiger partial charge in [-0.2, -0.15) is 0 Å². The first kappa shape index (κ1) is 28.6. The summed E-state index contributed by atoms with van der Waals surface area (Å²) in [5.74, 6) is 1.91. The van der Waals surface area contributed by atoms with E-state index < -0.39 is 0 Å². The molecule has 0 atom stereocenters. The average molecular weight is 665 g/mol. The van der Waals surface area contributed by atoms with E-state index in [1.165, 1.54) is 32.4 Å². The zero-order valence-corrected chi connectivity index (χ0v) is 27.8. The van der Waals surface area contributed by atoms with Crippen molar-refractivity contribution in [3.8, 4) is 39.9 Å². The van der Waals surface area contributed by atoms with Crippen molar-refractivity contribution in [3.63, 3.8) is 0 Å². The van der Waals surface area contributed by atoms with E-state index in [1.807, 2.05) is 42.7 Å². The Morgan fingerprint density at radius 1 is 0.404 bits per heavy atom. The molecule has 0 aliphatic heterocycles. The molecule has 0 N–H and O–H groups in total. The number of nitrogens with zero attached hydrogens (tertiary/aromatic N) is 6. The van der Waals surface area contributed by atoms with Crippen molar-refractivity contribution in [2.45, 2.75) is 0 Å². The molecule has 52 heavy (non-hydrogen) atoms. The van der Waals surface area contributed by atoms with Crippen LogP contribution in [0, 0.1) is 0 Å². The molecule has 7 aromatic carbocycles. The highest BCUT2D eigenvalue weighted by atomic mass is 15.0. The smallest absolute Gasteiger partial charge is 0.164 e. The number of para-hydroxylation sites is 2. The van der Waals surface area contributed by atoms with Crippen LogP contribution < -0.4 is 0 Å². The lowest BCUT2D eigenvalue weighted by atomic mass is 10.0. The maximum Gasteiger partial charge on any atom is 0.164 e. The number of aromatic nitrogens is 6. The van der Waals surface area contributed by atoms with Crippen molar-refractivity contribution in [2.75, 3.05) is 0 Å². The lowest BCUT2D eigenvalue weighted by Gasteiger charge is -2.14. The van der Waals surface area contributed by atoms with Gasteiger partial charge in [0.05, 0.1) is 33.8 Å². The van der Waals surface area contributed by atoms with E-state index in [2.05, 4.69) is 141 Å². The van der Waals surface area contributed by atoms with Crippen LogP contribution in [0.3, 0.4) is 0 Å². The molecule has 0 radical (unpaired) electrons. The molecular formula is C46H28N6. The molecule has 0 fully saturated rings. The van der Waals surface area contributed by atoms with Gasteiger partial charge in [0.1, 0.15) is 0 Å². The van der Waals surface area contributed by atoms with Crippen LogP contribution in [0.4, 0.5) is 0 Å². The van der Waals surface area contributed by atoms with Crippen LogP contribution in [-0.4, -0.2) is 28.9 Å². The number of fused-ring (bicyclic) bond motifs is 6. The molecule has 6 nitrogen and oxygen atoms in total. The van der Waals surface area contributed by atoms with Gasteiger partial charge in [-0.3, -0.25) is 4.98 Å². The van der Waals surface area contributed by atoms with Crippen LogP contribution in [0.15, 0.2) is 170 Å². The molecule has 4 aromatic heterocycles. The van der Waals surface area contributed by atoms with Crippen LogP contribution >= 0.6 is 0 Å². The molecule has 242 valence electrons. The van der Waals surface area contributed by atoms with Gasteiger partial charge in [0.2, 0.25) is 0 Å². The maximum atomic E-state index is 5.06. The predicted molar refractivity (Wildman–Crippen MR) is 212 cm³/mol. The summed E-state index contributed by atoms with van der Waals surface area (Å²) in [6, 6.07) is 55.3. The first-order valence-corrected chi connectivity index (χ1v) is 17.4. The minimum atomic E-state index is 0.626. The average Bonchev–Trinajstić information content (AvgIpc) is 3.49. The Balaban J connectivity index is 1.14. The van der Waals surface area contributed by atoms with E-state index in [-0.39, 0.29) is 0 Å². The molecule has 4 heterocycles. The topological polar surface area (TPSA) is 60.9 Å². The van der Waals surface area contributed by atoms with Gasteiger partial charge in [0.25, 0.3) is 0 Å². The van der Waals surface area contributed by atoms with Crippen LogP contribution in [0.1, 0.15) is 0 Å². The van der Waals surface area contributed by atoms with Crippen molar-refractivity contribution in [1.29, 1.82) is 0 Å². The van der Waals surface area contributed by atoms with Gasteiger partial charge in [-0.15, -0.1) is 0 Å². The molecular weight excluding hydrogens is 637 g/mol. The monoisotopic (exact) mass is 664 g/mol. The Morgan fingerprint density at radius 3 is 1.87 bits per heavy atom. The first-order valence-electron chi connectivity index (χ1n) is 17.4. The summed E-state index contributed by atoms with van der Waals surface area (Å²) in [5.41, 5.74) is 9.46. The Labute approximate surface area is 297 Å². The van der Waals surface area contributed by atoms with Crippen LogP contribution in [-0.2, 0) is 0 Å². The van der Waals surface area contributed by atoms with Gasteiger partial charge < -0.3 is 8.97 Å². The zero-order chi connectivity index (χ0) is 34.2. The molecule has 0 aliphatic rings. The first-order chi connectivity index (χ1) is 25.8. The summed E-state index contributed by atoms with van der Waals surface area (Å²) in [6.07, 6.45) is 3.86. The molecule has 0 unspecified atom stereocenters. The van der Waals surface area contributed by atoms with E-state index in [0.29, 0.717) is 17.5 Å². The van der Waals surface area contributed by atoms with Crippen molar-refractivity contribution in [3.05, 3.63) is 170 Å². The predicted octanol–water partition coefficient (Wildman–Crippen LogP) is 11.1. The lowest BCUT2D eigenvalue weighted by Crippen LogP contribution is -2.01. The van der Waals surface area contributed by atoms with Gasteiger partial charge in [-0.05, 0) is 70.8 Å². The minimum Gasteiger partial charge on any atom is -0.308 e. The third-order valence-electron chi connectivity index (χ3n) is 10.2. The summed E-state index contributed by atoms with van der Waals surface area (Å²) in [6.45, 7) is 0. The second-order valence-corrected chi connectivity index (χ2v) is 13.2. The maximum absolute atomic E-state index is 5.06. The highest BCUT2D eigenvalue weighted by molar-refractivity contribution is 6.23. The summed E-state index contributed by atoms with van der Waals surface area (Å²) in [4.78, 5) is 19.6. The fourth-order valence-electron chi connectivity index (χ4n) is 7.83. The highest BCUT2D eigenvalue weighted by Crippen LogP contribution is 2.39. The Bertz CT molecular complexity index is 3160. The van der Waals surface area contributed by atoms with Crippen molar-refractivity contribution >= 4 is 59.9 Å². The third kappa shape index (κ3) is 4.31. The van der Waals surface area contributed by atoms with Crippen molar-refractivity contribution < 1.29 is 0 Å². The molecule has 11 rings (SSSR count). The Morgan fingerprint density at radius 2 is 1.04 bits per heavy atom. The van der Waals surface area contributed by atoms with Gasteiger partial charge in [0, 0.05) is 44.7 Å². The van der Waals surface area contributed by atoms with E-state index in [9.17, 15) is 0 Å². The number of hydrogen-bond donors (Lipinski definition) is 0. The van der Waals surface area contributed by atoms with Crippen LogP contribution in [0.25, 0.3) is 99.8 Å². The van der Waals surface area contributed by atoms with E-state index in [4.69, 9.17) is 15.0 Å². The standard InChI is InChI=1S/C46H28N6/c1-2-10-31(11-3-1)44-48-45(50-46(49-44)34-18-17-29-9-4-5-12-33(29)27-34)32-19-22-35(23-20-32)51-38-14-6-7-15-39(38)52-41-28-47-26-25-36(41)37-24-21-30-13-8-16-40(51)42(30)43(37)52/h1-28H. The van der Waals surface area contributed by atoms with Gasteiger partial charge in [-0.1, -0.05) is 103 Å². The highest BCUT2D eigenvalue weighted by Gasteiger charge is 2.19. The van der Waals surface area contributed by atoms with Crippen molar-refractivity contribution in [1.82, 2.24) is 28.9 Å². The Kier molecular flexibility index (Phi) is 6.15. The molecule has 0 aliphatic carbocycles. The molecule has 0 saturated heterocycles. The second-order valence-electron chi connectivity index (χ2n) is 13.2. The fourth-order valence-corrected chi connectivity index (χ4v) is 7.83. The summed E-state index contributed by atoms with van der Waals surface area (Å²) in [5, 5.41) is 7.14. The normalized spacial score (nSPS) is 11.8. The molecule has 0 saturated carbocycles. The SMILES string of the molecule is c1ccc(-c2nc(-c3ccc(-n4c5cccc6ccc7c8ccncc8n(c8ccccc84)c7c65)cc3)nc(-c3ccc4ccccc4c3)n2)cc1. The largest absolute Gasteiger partial charge is 0.308 e. The minimum absolute atomic E-state index is 0.626.